The first-order valence-corrected chi connectivity index (χ1v) is 5.40. The molecule has 1 aromatic carbocycles. The highest BCUT2D eigenvalue weighted by molar-refractivity contribution is 5.97. The van der Waals surface area contributed by atoms with Crippen molar-refractivity contribution in [2.75, 3.05) is 23.7 Å². The van der Waals surface area contributed by atoms with Crippen LogP contribution in [0.4, 0.5) is 11.4 Å². The van der Waals surface area contributed by atoms with Crippen LogP contribution in [0.5, 0.6) is 0 Å². The number of hydrogen-bond donors (Lipinski definition) is 1. The van der Waals surface area contributed by atoms with Gasteiger partial charge in [-0.1, -0.05) is 18.2 Å². The number of fused-ring (bicyclic) bond motifs is 1. The van der Waals surface area contributed by atoms with Crippen LogP contribution in [-0.4, -0.2) is 18.1 Å². The number of anilines is 2. The van der Waals surface area contributed by atoms with Crippen molar-refractivity contribution in [1.29, 1.82) is 10.5 Å². The quantitative estimate of drug-likeness (QED) is 0.820. The number of hydrogen-bond acceptors (Lipinski definition) is 5. The molecule has 2 rings (SSSR count). The van der Waals surface area contributed by atoms with Gasteiger partial charge < -0.3 is 10.6 Å². The minimum Gasteiger partial charge on any atom is -0.396 e. The summed E-state index contributed by atoms with van der Waals surface area (Å²) in [5, 5.41) is 18.5. The molecule has 5 heteroatoms. The molecule has 0 amide bonds. The summed E-state index contributed by atoms with van der Waals surface area (Å²) >= 11 is 0. The second-order valence-corrected chi connectivity index (χ2v) is 3.75. The maximum absolute atomic E-state index is 8.83. The van der Waals surface area contributed by atoms with E-state index < -0.39 is 0 Å². The fourth-order valence-electron chi connectivity index (χ4n) is 1.88. The summed E-state index contributed by atoms with van der Waals surface area (Å²) in [5.74, 6) is 0. The van der Waals surface area contributed by atoms with Gasteiger partial charge in [-0.2, -0.15) is 10.5 Å². The van der Waals surface area contributed by atoms with Crippen molar-refractivity contribution in [3.63, 3.8) is 0 Å². The van der Waals surface area contributed by atoms with Crippen molar-refractivity contribution in [2.45, 2.75) is 0 Å². The Morgan fingerprint density at radius 3 is 2.50 bits per heavy atom. The van der Waals surface area contributed by atoms with Gasteiger partial charge in [0.15, 0.2) is 0 Å². The smallest absolute Gasteiger partial charge is 0.107 e. The molecule has 0 aliphatic heterocycles. The van der Waals surface area contributed by atoms with E-state index in [9.17, 15) is 0 Å². The van der Waals surface area contributed by atoms with Gasteiger partial charge in [0, 0.05) is 5.39 Å². The Morgan fingerprint density at radius 1 is 1.17 bits per heavy atom. The van der Waals surface area contributed by atoms with E-state index in [0.717, 1.165) is 10.9 Å². The third-order valence-corrected chi connectivity index (χ3v) is 2.61. The molecule has 0 atom stereocenters. The van der Waals surface area contributed by atoms with Crippen LogP contribution in [-0.2, 0) is 0 Å². The van der Waals surface area contributed by atoms with E-state index in [1.165, 1.54) is 0 Å². The summed E-state index contributed by atoms with van der Waals surface area (Å²) in [6.07, 6.45) is 1.55. The van der Waals surface area contributed by atoms with Crippen LogP contribution in [0.2, 0.25) is 0 Å². The maximum atomic E-state index is 8.83. The maximum Gasteiger partial charge on any atom is 0.107 e. The van der Waals surface area contributed by atoms with Crippen LogP contribution in [0.1, 0.15) is 0 Å². The lowest BCUT2D eigenvalue weighted by Gasteiger charge is -2.21. The summed E-state index contributed by atoms with van der Waals surface area (Å²) < 4.78 is 0. The Bertz CT molecular complexity index is 634. The highest BCUT2D eigenvalue weighted by Crippen LogP contribution is 2.30. The number of aromatic nitrogens is 1. The molecule has 0 spiro atoms. The molecule has 0 unspecified atom stereocenters. The van der Waals surface area contributed by atoms with Gasteiger partial charge in [-0.25, -0.2) is 0 Å². The molecule has 2 N–H and O–H groups in total. The van der Waals surface area contributed by atoms with Crippen LogP contribution >= 0.6 is 0 Å². The molecule has 18 heavy (non-hydrogen) atoms. The molecule has 0 radical (unpaired) electrons. The van der Waals surface area contributed by atoms with Crippen LogP contribution < -0.4 is 10.6 Å². The van der Waals surface area contributed by atoms with E-state index >= 15 is 0 Å². The molecule has 0 aliphatic rings. The Labute approximate surface area is 105 Å². The molecule has 0 saturated heterocycles. The van der Waals surface area contributed by atoms with Crippen molar-refractivity contribution in [3.05, 3.63) is 30.5 Å². The first kappa shape index (κ1) is 11.7. The van der Waals surface area contributed by atoms with Gasteiger partial charge in [0.25, 0.3) is 0 Å². The SMILES string of the molecule is N#CCN(CC#N)c1c(N)cnc2ccccc12. The molecule has 88 valence electrons. The number of pyridine rings is 1. The van der Waals surface area contributed by atoms with E-state index in [1.54, 1.807) is 11.1 Å². The fraction of sp³-hybridized carbons (Fsp3) is 0.154. The number of para-hydroxylation sites is 1. The van der Waals surface area contributed by atoms with Crippen LogP contribution in [0.25, 0.3) is 10.9 Å². The Morgan fingerprint density at radius 2 is 1.83 bits per heavy atom. The van der Waals surface area contributed by atoms with E-state index in [2.05, 4.69) is 4.98 Å². The summed E-state index contributed by atoms with van der Waals surface area (Å²) in [6.45, 7) is 0.234. The molecule has 1 aromatic heterocycles. The molecular weight excluding hydrogens is 226 g/mol. The standard InChI is InChI=1S/C13H11N5/c14-5-7-18(8-6-15)13-10-3-1-2-4-12(10)17-9-11(13)16/h1-4,9H,7-8,16H2. The highest BCUT2D eigenvalue weighted by Gasteiger charge is 2.13. The summed E-state index contributed by atoms with van der Waals surface area (Å²) in [4.78, 5) is 5.88. The Balaban J connectivity index is 2.64. The van der Waals surface area contributed by atoms with Gasteiger partial charge in [-0.15, -0.1) is 0 Å². The number of nitrogens with two attached hydrogens (primary N) is 1. The van der Waals surface area contributed by atoms with Gasteiger partial charge >= 0.3 is 0 Å². The number of nitrogen functional groups attached to an aromatic ring is 1. The van der Waals surface area contributed by atoms with Crippen molar-refractivity contribution in [3.8, 4) is 12.1 Å². The lowest BCUT2D eigenvalue weighted by atomic mass is 10.1. The van der Waals surface area contributed by atoms with E-state index in [-0.39, 0.29) is 13.1 Å². The zero-order valence-corrected chi connectivity index (χ0v) is 9.67. The van der Waals surface area contributed by atoms with Gasteiger partial charge in [0.2, 0.25) is 0 Å². The molecule has 0 saturated carbocycles. The number of benzene rings is 1. The normalized spacial score (nSPS) is 9.67. The molecule has 1 heterocycles. The monoisotopic (exact) mass is 237 g/mol. The Kier molecular flexibility index (Phi) is 3.26. The van der Waals surface area contributed by atoms with Crippen LogP contribution in [0.15, 0.2) is 30.5 Å². The molecule has 0 bridgehead atoms. The van der Waals surface area contributed by atoms with Crippen LogP contribution in [0.3, 0.4) is 0 Å². The van der Waals surface area contributed by atoms with Gasteiger partial charge in [-0.05, 0) is 6.07 Å². The third kappa shape index (κ3) is 2.02. The lowest BCUT2D eigenvalue weighted by Crippen LogP contribution is -2.25. The average Bonchev–Trinajstić information content (AvgIpc) is 2.38. The van der Waals surface area contributed by atoms with Gasteiger partial charge in [0.1, 0.15) is 13.1 Å². The Hall–Kier alpha value is -2.79. The van der Waals surface area contributed by atoms with Crippen molar-refractivity contribution < 1.29 is 0 Å². The van der Waals surface area contributed by atoms with Crippen molar-refractivity contribution in [2.24, 2.45) is 0 Å². The van der Waals surface area contributed by atoms with Gasteiger partial charge in [-0.3, -0.25) is 4.98 Å². The van der Waals surface area contributed by atoms with Gasteiger partial charge in [0.05, 0.1) is 35.2 Å². The second kappa shape index (κ2) is 5.03. The topological polar surface area (TPSA) is 89.7 Å². The number of nitriles is 2. The largest absolute Gasteiger partial charge is 0.396 e. The summed E-state index contributed by atoms with van der Waals surface area (Å²) in [7, 11) is 0. The number of rotatable bonds is 3. The van der Waals surface area contributed by atoms with E-state index in [1.807, 2.05) is 36.4 Å². The first-order chi connectivity index (χ1) is 8.77. The van der Waals surface area contributed by atoms with E-state index in [0.29, 0.717) is 11.4 Å². The first-order valence-electron chi connectivity index (χ1n) is 5.40. The fourth-order valence-corrected chi connectivity index (χ4v) is 1.88. The minimum absolute atomic E-state index is 0.117. The molecule has 0 aliphatic carbocycles. The molecule has 2 aromatic rings. The second-order valence-electron chi connectivity index (χ2n) is 3.75. The van der Waals surface area contributed by atoms with Crippen LogP contribution in [0, 0.1) is 22.7 Å². The van der Waals surface area contributed by atoms with Crippen molar-refractivity contribution in [1.82, 2.24) is 4.98 Å². The molecular formula is C13H11N5. The predicted octanol–water partition coefficient (Wildman–Crippen LogP) is 1.67. The zero-order valence-electron chi connectivity index (χ0n) is 9.67. The zero-order chi connectivity index (χ0) is 13.0. The lowest BCUT2D eigenvalue weighted by molar-refractivity contribution is 0.972. The van der Waals surface area contributed by atoms with Crippen molar-refractivity contribution >= 4 is 22.3 Å². The number of nitrogens with zero attached hydrogens (tertiary/aromatic N) is 4. The summed E-state index contributed by atoms with van der Waals surface area (Å²) in [5.41, 5.74) is 7.89. The highest BCUT2D eigenvalue weighted by atomic mass is 15.1. The average molecular weight is 237 g/mol. The molecule has 0 fully saturated rings. The molecule has 5 nitrogen and oxygen atoms in total. The third-order valence-electron chi connectivity index (χ3n) is 2.61. The minimum atomic E-state index is 0.117. The van der Waals surface area contributed by atoms with E-state index in [4.69, 9.17) is 16.3 Å². The summed E-state index contributed by atoms with van der Waals surface area (Å²) in [6, 6.07) is 11.6. The predicted molar refractivity (Wildman–Crippen MR) is 69.6 cm³/mol.